The first kappa shape index (κ1) is 13.5. The van der Waals surface area contributed by atoms with Gasteiger partial charge in [0.15, 0.2) is 0 Å². The molecule has 0 amide bonds. The monoisotopic (exact) mass is 281 g/mol. The molecule has 1 unspecified atom stereocenters. The third-order valence-corrected chi connectivity index (χ3v) is 4.67. The molecule has 2 aromatic carbocycles. The molecule has 0 saturated carbocycles. The van der Waals surface area contributed by atoms with Crippen LogP contribution in [-0.4, -0.2) is 6.04 Å². The van der Waals surface area contributed by atoms with Crippen molar-refractivity contribution in [3.8, 4) is 0 Å². The second-order valence-electron chi connectivity index (χ2n) is 5.43. The fourth-order valence-corrected chi connectivity index (χ4v) is 3.60. The van der Waals surface area contributed by atoms with Crippen molar-refractivity contribution in [3.63, 3.8) is 0 Å². The highest BCUT2D eigenvalue weighted by molar-refractivity contribution is 7.99. The maximum Gasteiger partial charge on any atom is 0.0201 e. The van der Waals surface area contributed by atoms with Gasteiger partial charge < -0.3 is 5.73 Å². The van der Waals surface area contributed by atoms with Gasteiger partial charge in [-0.2, -0.15) is 0 Å². The molecular weight excluding hydrogens is 262 g/mol. The van der Waals surface area contributed by atoms with Crippen LogP contribution in [0.2, 0.25) is 0 Å². The molecule has 1 nitrogen and oxygen atoms in total. The highest BCUT2D eigenvalue weighted by atomic mass is 32.2. The first-order valence-electron chi connectivity index (χ1n) is 6.99. The molecule has 0 radical (unpaired) electrons. The Balaban J connectivity index is 2.16. The predicted molar refractivity (Wildman–Crippen MR) is 87.1 cm³/mol. The van der Waals surface area contributed by atoms with Crippen molar-refractivity contribution in [2.75, 3.05) is 0 Å². The van der Waals surface area contributed by atoms with Gasteiger partial charge in [0, 0.05) is 15.8 Å². The lowest BCUT2D eigenvalue weighted by Gasteiger charge is -2.22. The highest BCUT2D eigenvalue weighted by Crippen LogP contribution is 2.45. The first-order chi connectivity index (χ1) is 9.65. The van der Waals surface area contributed by atoms with Gasteiger partial charge in [0.25, 0.3) is 0 Å². The average Bonchev–Trinajstić information content (AvgIpc) is 2.43. The molecule has 2 aromatic rings. The van der Waals surface area contributed by atoms with Crippen LogP contribution in [0.5, 0.6) is 0 Å². The molecule has 3 rings (SSSR count). The van der Waals surface area contributed by atoms with Crippen LogP contribution >= 0.6 is 11.8 Å². The van der Waals surface area contributed by atoms with Crippen LogP contribution in [0, 0.1) is 6.92 Å². The lowest BCUT2D eigenvalue weighted by atomic mass is 9.94. The summed E-state index contributed by atoms with van der Waals surface area (Å²) in [6.07, 6.45) is 3.20. The van der Waals surface area contributed by atoms with Gasteiger partial charge in [0.2, 0.25) is 0 Å². The van der Waals surface area contributed by atoms with Gasteiger partial charge in [-0.05, 0) is 49.1 Å². The van der Waals surface area contributed by atoms with E-state index >= 15 is 0 Å². The lowest BCUT2D eigenvalue weighted by molar-refractivity contribution is 0.758. The number of hydrogen-bond donors (Lipinski definition) is 1. The van der Waals surface area contributed by atoms with E-state index in [0.717, 1.165) is 6.42 Å². The van der Waals surface area contributed by atoms with E-state index in [9.17, 15) is 0 Å². The molecule has 2 heteroatoms. The van der Waals surface area contributed by atoms with E-state index in [2.05, 4.69) is 62.4 Å². The molecule has 0 fully saturated rings. The Morgan fingerprint density at radius 1 is 1.10 bits per heavy atom. The zero-order chi connectivity index (χ0) is 14.1. The number of aryl methyl sites for hydroxylation is 1. The maximum atomic E-state index is 5.93. The summed E-state index contributed by atoms with van der Waals surface area (Å²) in [6, 6.07) is 15.5. The zero-order valence-electron chi connectivity index (χ0n) is 11.9. The molecule has 0 aromatic heterocycles. The lowest BCUT2D eigenvalue weighted by Crippen LogP contribution is -2.13. The van der Waals surface area contributed by atoms with Gasteiger partial charge in [-0.3, -0.25) is 0 Å². The smallest absolute Gasteiger partial charge is 0.0201 e. The molecule has 102 valence electrons. The standard InChI is InChI=1S/C18H19NS/c1-12-7-10-18-16(11-12)14(9-8-13(2)19)15-5-3-4-6-17(15)20-18/h3-7,9-11,13H,8,19H2,1-2H3. The van der Waals surface area contributed by atoms with Crippen molar-refractivity contribution < 1.29 is 0 Å². The fourth-order valence-electron chi connectivity index (χ4n) is 2.51. The molecule has 0 aliphatic carbocycles. The second-order valence-corrected chi connectivity index (χ2v) is 6.51. The molecule has 1 aliphatic rings. The Morgan fingerprint density at radius 3 is 2.65 bits per heavy atom. The van der Waals surface area contributed by atoms with Gasteiger partial charge in [-0.15, -0.1) is 0 Å². The zero-order valence-corrected chi connectivity index (χ0v) is 12.7. The maximum absolute atomic E-state index is 5.93. The molecule has 1 heterocycles. The van der Waals surface area contributed by atoms with Crippen LogP contribution in [0.3, 0.4) is 0 Å². The third-order valence-electron chi connectivity index (χ3n) is 3.52. The summed E-state index contributed by atoms with van der Waals surface area (Å²) in [6.45, 7) is 4.20. The molecule has 0 spiro atoms. The Bertz CT molecular complexity index is 671. The van der Waals surface area contributed by atoms with Crippen molar-refractivity contribution in [3.05, 3.63) is 65.2 Å². The minimum Gasteiger partial charge on any atom is -0.328 e. The van der Waals surface area contributed by atoms with Crippen LogP contribution in [0.1, 0.15) is 30.0 Å². The van der Waals surface area contributed by atoms with E-state index in [0.29, 0.717) is 0 Å². The summed E-state index contributed by atoms with van der Waals surface area (Å²) in [5, 5.41) is 0. The third kappa shape index (κ3) is 2.54. The quantitative estimate of drug-likeness (QED) is 0.741. The van der Waals surface area contributed by atoms with E-state index in [1.165, 1.54) is 32.1 Å². The molecule has 20 heavy (non-hydrogen) atoms. The molecule has 0 bridgehead atoms. The fraction of sp³-hybridized carbons (Fsp3) is 0.222. The summed E-state index contributed by atoms with van der Waals surface area (Å²) in [5.41, 5.74) is 11.2. The van der Waals surface area contributed by atoms with Gasteiger partial charge in [0.05, 0.1) is 0 Å². The largest absolute Gasteiger partial charge is 0.328 e. The van der Waals surface area contributed by atoms with Crippen molar-refractivity contribution in [2.24, 2.45) is 5.73 Å². The van der Waals surface area contributed by atoms with Crippen molar-refractivity contribution in [1.82, 2.24) is 0 Å². The van der Waals surface area contributed by atoms with Crippen LogP contribution < -0.4 is 5.73 Å². The van der Waals surface area contributed by atoms with Crippen molar-refractivity contribution in [1.29, 1.82) is 0 Å². The molecule has 2 N–H and O–H groups in total. The van der Waals surface area contributed by atoms with Gasteiger partial charge >= 0.3 is 0 Å². The summed E-state index contributed by atoms with van der Waals surface area (Å²) < 4.78 is 0. The topological polar surface area (TPSA) is 26.0 Å². The molecular formula is C18H19NS. The minimum atomic E-state index is 0.192. The molecule has 1 atom stereocenters. The van der Waals surface area contributed by atoms with Crippen molar-refractivity contribution >= 4 is 17.3 Å². The second kappa shape index (κ2) is 5.47. The Morgan fingerprint density at radius 2 is 1.85 bits per heavy atom. The number of hydrogen-bond acceptors (Lipinski definition) is 2. The van der Waals surface area contributed by atoms with E-state index in [1.54, 1.807) is 0 Å². The summed E-state index contributed by atoms with van der Waals surface area (Å²) in [5.74, 6) is 0. The number of fused-ring (bicyclic) bond motifs is 2. The first-order valence-corrected chi connectivity index (χ1v) is 7.81. The van der Waals surface area contributed by atoms with Crippen LogP contribution in [0.25, 0.3) is 5.57 Å². The Labute approximate surface area is 124 Å². The summed E-state index contributed by atoms with van der Waals surface area (Å²) in [7, 11) is 0. The Kier molecular flexibility index (Phi) is 3.68. The Hall–Kier alpha value is -1.51. The van der Waals surface area contributed by atoms with Crippen LogP contribution in [0.15, 0.2) is 58.3 Å². The highest BCUT2D eigenvalue weighted by Gasteiger charge is 2.20. The number of nitrogens with two attached hydrogens (primary N) is 1. The van der Waals surface area contributed by atoms with Crippen LogP contribution in [-0.2, 0) is 0 Å². The summed E-state index contributed by atoms with van der Waals surface area (Å²) in [4.78, 5) is 2.67. The molecule has 0 saturated heterocycles. The predicted octanol–water partition coefficient (Wildman–Crippen LogP) is 4.63. The van der Waals surface area contributed by atoms with E-state index in [-0.39, 0.29) is 6.04 Å². The minimum absolute atomic E-state index is 0.192. The van der Waals surface area contributed by atoms with Crippen molar-refractivity contribution in [2.45, 2.75) is 36.1 Å². The number of benzene rings is 2. The summed E-state index contributed by atoms with van der Waals surface area (Å²) >= 11 is 1.86. The SMILES string of the molecule is Cc1ccc2c(c1)C(=CCC(C)N)c1ccccc1S2. The van der Waals surface area contributed by atoms with E-state index in [1.807, 2.05) is 11.8 Å². The van der Waals surface area contributed by atoms with E-state index in [4.69, 9.17) is 5.73 Å². The normalized spacial score (nSPS) is 16.6. The average molecular weight is 281 g/mol. The van der Waals surface area contributed by atoms with Gasteiger partial charge in [-0.25, -0.2) is 0 Å². The van der Waals surface area contributed by atoms with Gasteiger partial charge in [-0.1, -0.05) is 53.7 Å². The van der Waals surface area contributed by atoms with E-state index < -0.39 is 0 Å². The van der Waals surface area contributed by atoms with Gasteiger partial charge in [0.1, 0.15) is 0 Å². The van der Waals surface area contributed by atoms with Crippen LogP contribution in [0.4, 0.5) is 0 Å². The molecule has 1 aliphatic heterocycles. The number of rotatable bonds is 2.